The number of benzene rings is 2. The van der Waals surface area contributed by atoms with Crippen molar-refractivity contribution in [1.82, 2.24) is 0 Å². The maximum Gasteiger partial charge on any atom is 0.337 e. The molecule has 0 bridgehead atoms. The van der Waals surface area contributed by atoms with Crippen molar-refractivity contribution in [3.63, 3.8) is 0 Å². The van der Waals surface area contributed by atoms with E-state index in [9.17, 15) is 9.18 Å². The van der Waals surface area contributed by atoms with Gasteiger partial charge in [-0.1, -0.05) is 11.6 Å². The van der Waals surface area contributed by atoms with Gasteiger partial charge in [0, 0.05) is 17.1 Å². The SMILES string of the molecule is Cc1cc(Nc2ccc(Cl)c(F)c2)cc(C(=O)O)c1N. The Bertz CT molecular complexity index is 689. The van der Waals surface area contributed by atoms with E-state index in [1.165, 1.54) is 18.2 Å². The van der Waals surface area contributed by atoms with Crippen LogP contribution in [0.15, 0.2) is 30.3 Å². The fraction of sp³-hybridized carbons (Fsp3) is 0.0714. The van der Waals surface area contributed by atoms with Crippen LogP contribution in [-0.4, -0.2) is 11.1 Å². The summed E-state index contributed by atoms with van der Waals surface area (Å²) in [5.74, 6) is -1.67. The molecule has 104 valence electrons. The first-order valence-electron chi connectivity index (χ1n) is 5.74. The zero-order valence-electron chi connectivity index (χ0n) is 10.6. The molecule has 0 aromatic heterocycles. The van der Waals surface area contributed by atoms with Gasteiger partial charge in [0.15, 0.2) is 0 Å². The molecule has 20 heavy (non-hydrogen) atoms. The second kappa shape index (κ2) is 5.38. The molecule has 6 heteroatoms. The number of hydrogen-bond donors (Lipinski definition) is 3. The van der Waals surface area contributed by atoms with Gasteiger partial charge < -0.3 is 16.2 Å². The third-order valence-corrected chi connectivity index (χ3v) is 3.13. The lowest BCUT2D eigenvalue weighted by atomic mass is 10.1. The Morgan fingerprint density at radius 2 is 2.00 bits per heavy atom. The Morgan fingerprint density at radius 3 is 2.60 bits per heavy atom. The molecular formula is C14H12ClFN2O2. The summed E-state index contributed by atoms with van der Waals surface area (Å²) in [5.41, 5.74) is 7.52. The fourth-order valence-electron chi connectivity index (χ4n) is 1.79. The first-order valence-corrected chi connectivity index (χ1v) is 6.12. The molecule has 0 saturated heterocycles. The third-order valence-electron chi connectivity index (χ3n) is 2.83. The van der Waals surface area contributed by atoms with E-state index < -0.39 is 11.8 Å². The van der Waals surface area contributed by atoms with Gasteiger partial charge >= 0.3 is 5.97 Å². The van der Waals surface area contributed by atoms with Crippen LogP contribution in [0.2, 0.25) is 5.02 Å². The number of hydrogen-bond acceptors (Lipinski definition) is 3. The first kappa shape index (κ1) is 14.1. The minimum absolute atomic E-state index is 0.00179. The van der Waals surface area contributed by atoms with Crippen LogP contribution in [0.25, 0.3) is 0 Å². The summed E-state index contributed by atoms with van der Waals surface area (Å²) in [4.78, 5) is 11.1. The Kier molecular flexibility index (Phi) is 3.81. The van der Waals surface area contributed by atoms with E-state index in [0.29, 0.717) is 16.9 Å². The van der Waals surface area contributed by atoms with E-state index in [-0.39, 0.29) is 16.3 Å². The summed E-state index contributed by atoms with van der Waals surface area (Å²) in [6.07, 6.45) is 0. The van der Waals surface area contributed by atoms with Crippen molar-refractivity contribution in [1.29, 1.82) is 0 Å². The number of nitrogens with one attached hydrogen (secondary N) is 1. The molecule has 0 aliphatic rings. The lowest BCUT2D eigenvalue weighted by Crippen LogP contribution is -2.05. The molecule has 0 radical (unpaired) electrons. The van der Waals surface area contributed by atoms with Crippen molar-refractivity contribution in [2.24, 2.45) is 0 Å². The number of rotatable bonds is 3. The summed E-state index contributed by atoms with van der Waals surface area (Å²) in [7, 11) is 0. The Morgan fingerprint density at radius 1 is 1.30 bits per heavy atom. The Labute approximate surface area is 120 Å². The van der Waals surface area contributed by atoms with Crippen LogP contribution >= 0.6 is 11.6 Å². The maximum atomic E-state index is 13.3. The summed E-state index contributed by atoms with van der Waals surface area (Å²) in [6, 6.07) is 7.33. The van der Waals surface area contributed by atoms with E-state index in [2.05, 4.69) is 5.32 Å². The standard InChI is InChI=1S/C14H12ClFN2O2/c1-7-4-9(5-10(13(7)17)14(19)20)18-8-2-3-11(15)12(16)6-8/h2-6,18H,17H2,1H3,(H,19,20). The Balaban J connectivity index is 2.38. The molecular weight excluding hydrogens is 283 g/mol. The molecule has 2 rings (SSSR count). The number of nitrogens with two attached hydrogens (primary N) is 1. The van der Waals surface area contributed by atoms with Crippen molar-refractivity contribution in [3.05, 3.63) is 52.3 Å². The van der Waals surface area contributed by atoms with Gasteiger partial charge in [0.1, 0.15) is 5.82 Å². The van der Waals surface area contributed by atoms with Crippen LogP contribution in [0.1, 0.15) is 15.9 Å². The van der Waals surface area contributed by atoms with E-state index in [0.717, 1.165) is 0 Å². The van der Waals surface area contributed by atoms with Crippen molar-refractivity contribution in [3.8, 4) is 0 Å². The van der Waals surface area contributed by atoms with E-state index >= 15 is 0 Å². The van der Waals surface area contributed by atoms with Gasteiger partial charge in [-0.2, -0.15) is 0 Å². The van der Waals surface area contributed by atoms with Crippen LogP contribution in [-0.2, 0) is 0 Å². The number of nitrogen functional groups attached to an aromatic ring is 1. The van der Waals surface area contributed by atoms with E-state index in [4.69, 9.17) is 22.4 Å². The van der Waals surface area contributed by atoms with Crippen molar-refractivity contribution >= 4 is 34.6 Å². The molecule has 0 spiro atoms. The highest BCUT2D eigenvalue weighted by Crippen LogP contribution is 2.27. The van der Waals surface area contributed by atoms with Crippen LogP contribution in [0.5, 0.6) is 0 Å². The zero-order chi connectivity index (χ0) is 14.9. The first-order chi connectivity index (χ1) is 9.38. The minimum atomic E-state index is -1.11. The summed E-state index contributed by atoms with van der Waals surface area (Å²) < 4.78 is 13.3. The smallest absolute Gasteiger partial charge is 0.337 e. The van der Waals surface area contributed by atoms with Crippen LogP contribution in [0.4, 0.5) is 21.5 Å². The zero-order valence-corrected chi connectivity index (χ0v) is 11.3. The molecule has 0 amide bonds. The predicted molar refractivity (Wildman–Crippen MR) is 77.2 cm³/mol. The third kappa shape index (κ3) is 2.83. The molecule has 0 heterocycles. The molecule has 4 nitrogen and oxygen atoms in total. The summed E-state index contributed by atoms with van der Waals surface area (Å²) in [6.45, 7) is 1.70. The van der Waals surface area contributed by atoms with Gasteiger partial charge in [0.2, 0.25) is 0 Å². The molecule has 2 aromatic carbocycles. The van der Waals surface area contributed by atoms with Gasteiger partial charge in [-0.15, -0.1) is 0 Å². The highest BCUT2D eigenvalue weighted by Gasteiger charge is 2.12. The van der Waals surface area contributed by atoms with E-state index in [1.54, 1.807) is 19.1 Å². The van der Waals surface area contributed by atoms with Gasteiger partial charge in [0.05, 0.1) is 10.6 Å². The second-order valence-corrected chi connectivity index (χ2v) is 4.72. The molecule has 0 aliphatic carbocycles. The largest absolute Gasteiger partial charge is 0.478 e. The van der Waals surface area contributed by atoms with Crippen molar-refractivity contribution in [2.45, 2.75) is 6.92 Å². The van der Waals surface area contributed by atoms with Crippen molar-refractivity contribution < 1.29 is 14.3 Å². The number of carboxylic acids is 1. The number of aryl methyl sites for hydroxylation is 1. The number of carboxylic acid groups (broad SMARTS) is 1. The predicted octanol–water partition coefficient (Wildman–Crippen LogP) is 3.81. The van der Waals surface area contributed by atoms with Crippen LogP contribution in [0, 0.1) is 12.7 Å². The molecule has 0 unspecified atom stereocenters. The molecule has 0 saturated carbocycles. The topological polar surface area (TPSA) is 75.3 Å². The Hall–Kier alpha value is -2.27. The summed E-state index contributed by atoms with van der Waals surface area (Å²) >= 11 is 5.60. The molecule has 0 atom stereocenters. The van der Waals surface area contributed by atoms with Gasteiger partial charge in [-0.3, -0.25) is 0 Å². The van der Waals surface area contributed by atoms with Gasteiger partial charge in [-0.05, 0) is 42.8 Å². The number of anilines is 3. The van der Waals surface area contributed by atoms with Gasteiger partial charge in [0.25, 0.3) is 0 Å². The van der Waals surface area contributed by atoms with E-state index in [1.807, 2.05) is 0 Å². The average Bonchev–Trinajstić information content (AvgIpc) is 2.37. The number of halogens is 2. The molecule has 0 fully saturated rings. The van der Waals surface area contributed by atoms with Crippen molar-refractivity contribution in [2.75, 3.05) is 11.1 Å². The highest BCUT2D eigenvalue weighted by molar-refractivity contribution is 6.30. The minimum Gasteiger partial charge on any atom is -0.478 e. The molecule has 0 aliphatic heterocycles. The summed E-state index contributed by atoms with van der Waals surface area (Å²) in [5, 5.41) is 12.0. The number of carbonyl (C=O) groups is 1. The lowest BCUT2D eigenvalue weighted by molar-refractivity contribution is 0.0698. The normalized spacial score (nSPS) is 10.3. The number of aromatic carboxylic acids is 1. The van der Waals surface area contributed by atoms with Crippen LogP contribution < -0.4 is 11.1 Å². The highest BCUT2D eigenvalue weighted by atomic mass is 35.5. The molecule has 2 aromatic rings. The average molecular weight is 295 g/mol. The van der Waals surface area contributed by atoms with Crippen LogP contribution in [0.3, 0.4) is 0 Å². The fourth-order valence-corrected chi connectivity index (χ4v) is 1.91. The lowest BCUT2D eigenvalue weighted by Gasteiger charge is -2.11. The second-order valence-electron chi connectivity index (χ2n) is 4.31. The molecule has 4 N–H and O–H groups in total. The monoisotopic (exact) mass is 294 g/mol. The quantitative estimate of drug-likeness (QED) is 0.752. The van der Waals surface area contributed by atoms with Gasteiger partial charge in [-0.25, -0.2) is 9.18 Å². The maximum absolute atomic E-state index is 13.3.